The van der Waals surface area contributed by atoms with Crippen molar-refractivity contribution in [3.05, 3.63) is 0 Å². The van der Waals surface area contributed by atoms with Crippen LogP contribution in [-0.4, -0.2) is 18.6 Å². The Bertz CT molecular complexity index is 258. The quantitative estimate of drug-likeness (QED) is 0.786. The van der Waals surface area contributed by atoms with E-state index in [1.54, 1.807) is 0 Å². The van der Waals surface area contributed by atoms with Gasteiger partial charge in [0.25, 0.3) is 0 Å². The zero-order valence-corrected chi connectivity index (χ0v) is 12.4. The second-order valence-corrected chi connectivity index (χ2v) is 7.23. The Morgan fingerprint density at radius 2 is 1.83 bits per heavy atom. The van der Waals surface area contributed by atoms with E-state index >= 15 is 0 Å². The van der Waals surface area contributed by atoms with Gasteiger partial charge in [0, 0.05) is 18.6 Å². The van der Waals surface area contributed by atoms with Crippen LogP contribution in [0.3, 0.4) is 0 Å². The zero-order chi connectivity index (χ0) is 13.1. The van der Waals surface area contributed by atoms with Gasteiger partial charge in [-0.1, -0.05) is 39.5 Å². The van der Waals surface area contributed by atoms with Gasteiger partial charge in [-0.2, -0.15) is 0 Å². The van der Waals surface area contributed by atoms with Gasteiger partial charge in [-0.25, -0.2) is 0 Å². The van der Waals surface area contributed by atoms with E-state index in [0.29, 0.717) is 5.41 Å². The highest BCUT2D eigenvalue weighted by molar-refractivity contribution is 4.93. The molecule has 0 bridgehead atoms. The van der Waals surface area contributed by atoms with Gasteiger partial charge in [-0.3, -0.25) is 0 Å². The summed E-state index contributed by atoms with van der Waals surface area (Å²) in [5.74, 6) is 0.817. The van der Waals surface area contributed by atoms with Crippen LogP contribution in [0.4, 0.5) is 0 Å². The van der Waals surface area contributed by atoms with Gasteiger partial charge in [0.1, 0.15) is 0 Å². The fraction of sp³-hybridized carbons (Fsp3) is 1.00. The molecule has 0 aromatic heterocycles. The molecular formula is C16H32N2. The fourth-order valence-corrected chi connectivity index (χ4v) is 4.22. The number of rotatable bonds is 5. The molecule has 0 saturated heterocycles. The van der Waals surface area contributed by atoms with Crippen molar-refractivity contribution in [2.75, 3.05) is 13.1 Å². The van der Waals surface area contributed by atoms with Crippen LogP contribution in [0.15, 0.2) is 0 Å². The van der Waals surface area contributed by atoms with Crippen LogP contribution in [-0.2, 0) is 0 Å². The van der Waals surface area contributed by atoms with Crippen LogP contribution in [0.5, 0.6) is 0 Å². The molecule has 106 valence electrons. The third-order valence-electron chi connectivity index (χ3n) is 5.52. The molecule has 0 heterocycles. The summed E-state index contributed by atoms with van der Waals surface area (Å²) in [7, 11) is 0. The van der Waals surface area contributed by atoms with Crippen molar-refractivity contribution in [3.8, 4) is 0 Å². The predicted octanol–water partition coefficient (Wildman–Crippen LogP) is 3.45. The molecule has 2 rings (SSSR count). The SMILES string of the molecule is CCC1(CNCC2(N)CCCC(C)C2)CCCC1. The molecule has 2 atom stereocenters. The minimum Gasteiger partial charge on any atom is -0.324 e. The summed E-state index contributed by atoms with van der Waals surface area (Å²) in [5, 5.41) is 3.72. The monoisotopic (exact) mass is 252 g/mol. The average Bonchev–Trinajstić information content (AvgIpc) is 2.78. The maximum Gasteiger partial charge on any atom is 0.0283 e. The molecule has 0 amide bonds. The molecule has 2 aliphatic carbocycles. The van der Waals surface area contributed by atoms with Crippen molar-refractivity contribution in [2.45, 2.75) is 77.2 Å². The third-order valence-corrected chi connectivity index (χ3v) is 5.52. The van der Waals surface area contributed by atoms with Gasteiger partial charge in [0.05, 0.1) is 0 Å². The second kappa shape index (κ2) is 5.92. The van der Waals surface area contributed by atoms with Crippen molar-refractivity contribution in [1.29, 1.82) is 0 Å². The molecular weight excluding hydrogens is 220 g/mol. The first kappa shape index (κ1) is 14.3. The standard InChI is InChI=1S/C16H32N2/c1-3-15(8-4-5-9-15)12-18-13-16(17)10-6-7-14(2)11-16/h14,18H,3-13,17H2,1-2H3. The molecule has 0 aromatic rings. The first-order valence-electron chi connectivity index (χ1n) is 8.07. The smallest absolute Gasteiger partial charge is 0.0283 e. The maximum atomic E-state index is 6.56. The highest BCUT2D eigenvalue weighted by atomic mass is 14.9. The van der Waals surface area contributed by atoms with Crippen molar-refractivity contribution in [3.63, 3.8) is 0 Å². The molecule has 2 fully saturated rings. The predicted molar refractivity (Wildman–Crippen MR) is 78.6 cm³/mol. The van der Waals surface area contributed by atoms with E-state index in [4.69, 9.17) is 5.73 Å². The first-order valence-corrected chi connectivity index (χ1v) is 8.07. The number of nitrogens with two attached hydrogens (primary N) is 1. The Morgan fingerprint density at radius 3 is 2.44 bits per heavy atom. The van der Waals surface area contributed by atoms with Gasteiger partial charge in [-0.05, 0) is 43.4 Å². The van der Waals surface area contributed by atoms with E-state index in [2.05, 4.69) is 19.2 Å². The largest absolute Gasteiger partial charge is 0.324 e. The molecule has 2 heteroatoms. The Balaban J connectivity index is 1.77. The molecule has 2 nitrogen and oxygen atoms in total. The summed E-state index contributed by atoms with van der Waals surface area (Å²) >= 11 is 0. The Hall–Kier alpha value is -0.0800. The van der Waals surface area contributed by atoms with Crippen LogP contribution >= 0.6 is 0 Å². The third kappa shape index (κ3) is 3.48. The number of hydrogen-bond acceptors (Lipinski definition) is 2. The van der Waals surface area contributed by atoms with Gasteiger partial charge in [0.15, 0.2) is 0 Å². The van der Waals surface area contributed by atoms with Crippen molar-refractivity contribution < 1.29 is 0 Å². The second-order valence-electron chi connectivity index (χ2n) is 7.23. The van der Waals surface area contributed by atoms with Crippen LogP contribution in [0.25, 0.3) is 0 Å². The highest BCUT2D eigenvalue weighted by Gasteiger charge is 2.34. The van der Waals surface area contributed by atoms with Crippen LogP contribution in [0.2, 0.25) is 0 Å². The highest BCUT2D eigenvalue weighted by Crippen LogP contribution is 2.40. The molecule has 18 heavy (non-hydrogen) atoms. The molecule has 0 spiro atoms. The minimum absolute atomic E-state index is 0.0746. The van der Waals surface area contributed by atoms with Crippen molar-refractivity contribution in [2.24, 2.45) is 17.1 Å². The Labute approximate surface area is 113 Å². The van der Waals surface area contributed by atoms with E-state index in [9.17, 15) is 0 Å². The van der Waals surface area contributed by atoms with E-state index < -0.39 is 0 Å². The van der Waals surface area contributed by atoms with E-state index in [1.807, 2.05) is 0 Å². The minimum atomic E-state index is 0.0746. The summed E-state index contributed by atoms with van der Waals surface area (Å²) in [6.45, 7) is 6.93. The average molecular weight is 252 g/mol. The lowest BCUT2D eigenvalue weighted by Gasteiger charge is -2.38. The summed E-state index contributed by atoms with van der Waals surface area (Å²) in [5.41, 5.74) is 7.22. The first-order chi connectivity index (χ1) is 8.58. The van der Waals surface area contributed by atoms with Gasteiger partial charge in [-0.15, -0.1) is 0 Å². The molecule has 0 radical (unpaired) electrons. The molecule has 2 unspecified atom stereocenters. The van der Waals surface area contributed by atoms with E-state index in [-0.39, 0.29) is 5.54 Å². The zero-order valence-electron chi connectivity index (χ0n) is 12.4. The molecule has 3 N–H and O–H groups in total. The molecule has 0 aliphatic heterocycles. The van der Waals surface area contributed by atoms with Crippen molar-refractivity contribution in [1.82, 2.24) is 5.32 Å². The lowest BCUT2D eigenvalue weighted by molar-refractivity contribution is 0.207. The van der Waals surface area contributed by atoms with Gasteiger partial charge < -0.3 is 11.1 Å². The lowest BCUT2D eigenvalue weighted by Crippen LogP contribution is -2.52. The van der Waals surface area contributed by atoms with Crippen LogP contribution in [0, 0.1) is 11.3 Å². The van der Waals surface area contributed by atoms with E-state index in [1.165, 1.54) is 64.3 Å². The maximum absolute atomic E-state index is 6.56. The molecule has 2 saturated carbocycles. The van der Waals surface area contributed by atoms with Crippen LogP contribution in [0.1, 0.15) is 71.6 Å². The summed E-state index contributed by atoms with van der Waals surface area (Å²) in [4.78, 5) is 0. The Kier molecular flexibility index (Phi) is 4.71. The summed E-state index contributed by atoms with van der Waals surface area (Å²) < 4.78 is 0. The molecule has 0 aromatic carbocycles. The van der Waals surface area contributed by atoms with Crippen molar-refractivity contribution >= 4 is 0 Å². The normalized spacial score (nSPS) is 35.8. The fourth-order valence-electron chi connectivity index (χ4n) is 4.22. The topological polar surface area (TPSA) is 38.0 Å². The van der Waals surface area contributed by atoms with Gasteiger partial charge >= 0.3 is 0 Å². The molecule has 2 aliphatic rings. The van der Waals surface area contributed by atoms with Crippen LogP contribution < -0.4 is 11.1 Å². The summed E-state index contributed by atoms with van der Waals surface area (Å²) in [6.07, 6.45) is 12.1. The number of hydrogen-bond donors (Lipinski definition) is 2. The summed E-state index contributed by atoms with van der Waals surface area (Å²) in [6, 6.07) is 0. The van der Waals surface area contributed by atoms with E-state index in [0.717, 1.165) is 12.5 Å². The van der Waals surface area contributed by atoms with Gasteiger partial charge in [0.2, 0.25) is 0 Å². The Morgan fingerprint density at radius 1 is 1.11 bits per heavy atom. The number of nitrogens with one attached hydrogen (secondary N) is 1. The lowest BCUT2D eigenvalue weighted by atomic mass is 9.76.